The maximum Gasteiger partial charge on any atom is 0.166 e. The van der Waals surface area contributed by atoms with Gasteiger partial charge in [0.1, 0.15) is 5.60 Å². The molecule has 1 spiro atoms. The fourth-order valence-corrected chi connectivity index (χ4v) is 3.95. The van der Waals surface area contributed by atoms with Crippen LogP contribution in [-0.2, 0) is 4.74 Å². The van der Waals surface area contributed by atoms with Gasteiger partial charge in [0.05, 0.1) is 6.04 Å². The fourth-order valence-electron chi connectivity index (χ4n) is 3.66. The van der Waals surface area contributed by atoms with Crippen LogP contribution < -0.4 is 5.73 Å². The number of aliphatic imine (C=N–C) groups is 1. The number of halogens is 1. The molecule has 0 aromatic carbocycles. The Balaban J connectivity index is 1.82. The number of ether oxygens (including phenoxy) is 1. The Morgan fingerprint density at radius 3 is 2.65 bits per heavy atom. The maximum absolute atomic E-state index is 6.41. The molecule has 1 saturated carbocycles. The highest BCUT2D eigenvalue weighted by Crippen LogP contribution is 2.47. The molecule has 3 nitrogen and oxygen atoms in total. The molecular formula is C16H25ClN2O. The molecule has 1 unspecified atom stereocenters. The van der Waals surface area contributed by atoms with E-state index in [1.165, 1.54) is 12.0 Å². The van der Waals surface area contributed by atoms with Gasteiger partial charge in [-0.3, -0.25) is 4.99 Å². The van der Waals surface area contributed by atoms with E-state index in [-0.39, 0.29) is 23.1 Å². The van der Waals surface area contributed by atoms with Gasteiger partial charge in [0.2, 0.25) is 0 Å². The summed E-state index contributed by atoms with van der Waals surface area (Å²) < 4.78 is 6.21. The van der Waals surface area contributed by atoms with Gasteiger partial charge in [-0.15, -0.1) is 0 Å². The highest BCUT2D eigenvalue weighted by Gasteiger charge is 2.47. The summed E-state index contributed by atoms with van der Waals surface area (Å²) in [7, 11) is 0. The van der Waals surface area contributed by atoms with Crippen LogP contribution in [0.3, 0.4) is 0 Å². The van der Waals surface area contributed by atoms with Gasteiger partial charge in [-0.1, -0.05) is 32.4 Å². The normalized spacial score (nSPS) is 32.4. The third-order valence-electron chi connectivity index (χ3n) is 4.70. The highest BCUT2D eigenvalue weighted by molar-refractivity contribution is 6.69. The third-order valence-corrected chi connectivity index (χ3v) is 4.97. The van der Waals surface area contributed by atoms with E-state index in [0.717, 1.165) is 37.9 Å². The van der Waals surface area contributed by atoms with Crippen molar-refractivity contribution in [3.05, 3.63) is 11.3 Å². The minimum atomic E-state index is -0.0369. The van der Waals surface area contributed by atoms with Crippen LogP contribution in [0.5, 0.6) is 0 Å². The van der Waals surface area contributed by atoms with E-state index >= 15 is 0 Å². The second-order valence-electron chi connectivity index (χ2n) is 7.85. The smallest absolute Gasteiger partial charge is 0.166 e. The van der Waals surface area contributed by atoms with Crippen LogP contribution in [0.25, 0.3) is 0 Å². The first-order valence-electron chi connectivity index (χ1n) is 7.69. The summed E-state index contributed by atoms with van der Waals surface area (Å²) in [5.41, 5.74) is 7.81. The SMILES string of the molecule is CC(C)(C)CC1CC2=C(OC3(CCC3)C[C@@H]2N)C(Cl)=N1. The zero-order chi connectivity index (χ0) is 14.5. The number of allylic oxidation sites excluding steroid dienone is 1. The lowest BCUT2D eigenvalue weighted by atomic mass is 9.72. The van der Waals surface area contributed by atoms with E-state index < -0.39 is 0 Å². The number of nitrogens with two attached hydrogens (primary N) is 1. The van der Waals surface area contributed by atoms with Crippen molar-refractivity contribution in [3.63, 3.8) is 0 Å². The quantitative estimate of drug-likeness (QED) is 0.801. The molecule has 2 atom stereocenters. The Morgan fingerprint density at radius 2 is 2.10 bits per heavy atom. The molecule has 4 heteroatoms. The zero-order valence-corrected chi connectivity index (χ0v) is 13.5. The van der Waals surface area contributed by atoms with Crippen LogP contribution in [0.1, 0.15) is 59.3 Å². The Bertz CT molecular complexity index is 471. The molecule has 0 aromatic heterocycles. The largest absolute Gasteiger partial charge is 0.484 e. The Kier molecular flexibility index (Phi) is 3.41. The van der Waals surface area contributed by atoms with Gasteiger partial charge in [0, 0.05) is 12.5 Å². The summed E-state index contributed by atoms with van der Waals surface area (Å²) in [5, 5.41) is 0.543. The van der Waals surface area contributed by atoms with Crippen molar-refractivity contribution in [2.75, 3.05) is 0 Å². The summed E-state index contributed by atoms with van der Waals surface area (Å²) >= 11 is 6.40. The maximum atomic E-state index is 6.41. The molecule has 0 bridgehead atoms. The molecule has 0 amide bonds. The predicted molar refractivity (Wildman–Crippen MR) is 83.1 cm³/mol. The number of hydrogen-bond donors (Lipinski definition) is 1. The van der Waals surface area contributed by atoms with Gasteiger partial charge in [-0.2, -0.15) is 0 Å². The topological polar surface area (TPSA) is 47.6 Å². The van der Waals surface area contributed by atoms with Crippen LogP contribution in [0.4, 0.5) is 0 Å². The molecule has 20 heavy (non-hydrogen) atoms. The van der Waals surface area contributed by atoms with E-state index in [1.54, 1.807) is 0 Å². The standard InChI is InChI=1S/C16H25ClN2O/c1-15(2,3)8-10-7-11-12(18)9-16(5-4-6-16)20-13(11)14(17)19-10/h10,12H,4-9,18H2,1-3H3/t10?,12-/m0/s1. The molecule has 0 aromatic rings. The fraction of sp³-hybridized carbons (Fsp3) is 0.812. The molecule has 3 aliphatic rings. The molecule has 112 valence electrons. The minimum absolute atomic E-state index is 0.0369. The number of nitrogens with zero attached hydrogens (tertiary/aromatic N) is 1. The molecule has 2 aliphatic heterocycles. The summed E-state index contributed by atoms with van der Waals surface area (Å²) in [6, 6.07) is 0.331. The summed E-state index contributed by atoms with van der Waals surface area (Å²) in [4.78, 5) is 4.65. The highest BCUT2D eigenvalue weighted by atomic mass is 35.5. The Morgan fingerprint density at radius 1 is 1.40 bits per heavy atom. The van der Waals surface area contributed by atoms with Crippen LogP contribution in [0.15, 0.2) is 16.3 Å². The molecule has 2 N–H and O–H groups in total. The van der Waals surface area contributed by atoms with Gasteiger partial charge in [0.25, 0.3) is 0 Å². The van der Waals surface area contributed by atoms with Gasteiger partial charge in [-0.05, 0) is 43.1 Å². The molecule has 0 saturated heterocycles. The first-order valence-corrected chi connectivity index (χ1v) is 8.07. The summed E-state index contributed by atoms with van der Waals surface area (Å²) in [5.74, 6) is 0.801. The molecule has 0 radical (unpaired) electrons. The van der Waals surface area contributed by atoms with Gasteiger partial charge in [0.15, 0.2) is 10.9 Å². The Labute approximate surface area is 126 Å². The first kappa shape index (κ1) is 14.4. The van der Waals surface area contributed by atoms with Crippen molar-refractivity contribution in [2.24, 2.45) is 16.1 Å². The number of dihydropyridines is 1. The lowest BCUT2D eigenvalue weighted by Gasteiger charge is -2.49. The minimum Gasteiger partial charge on any atom is -0.484 e. The van der Waals surface area contributed by atoms with E-state index in [9.17, 15) is 0 Å². The van der Waals surface area contributed by atoms with Crippen LogP contribution in [0, 0.1) is 5.41 Å². The van der Waals surface area contributed by atoms with Crippen molar-refractivity contribution in [2.45, 2.75) is 77.0 Å². The van der Waals surface area contributed by atoms with Crippen LogP contribution in [0.2, 0.25) is 0 Å². The summed E-state index contributed by atoms with van der Waals surface area (Å²) in [6.07, 6.45) is 6.31. The van der Waals surface area contributed by atoms with Crippen molar-refractivity contribution >= 4 is 16.8 Å². The van der Waals surface area contributed by atoms with Crippen LogP contribution in [-0.4, -0.2) is 22.9 Å². The zero-order valence-electron chi connectivity index (χ0n) is 12.7. The van der Waals surface area contributed by atoms with Crippen molar-refractivity contribution in [1.82, 2.24) is 0 Å². The average molecular weight is 297 g/mol. The van der Waals surface area contributed by atoms with E-state index in [0.29, 0.717) is 5.17 Å². The number of rotatable bonds is 1. The van der Waals surface area contributed by atoms with Crippen molar-refractivity contribution in [1.29, 1.82) is 0 Å². The van der Waals surface area contributed by atoms with Gasteiger partial charge in [-0.25, -0.2) is 0 Å². The lowest BCUT2D eigenvalue weighted by molar-refractivity contribution is -0.0756. The van der Waals surface area contributed by atoms with Gasteiger partial charge >= 0.3 is 0 Å². The lowest BCUT2D eigenvalue weighted by Crippen LogP contribution is -2.51. The Hall–Kier alpha value is -0.540. The molecule has 1 fully saturated rings. The monoisotopic (exact) mass is 296 g/mol. The third kappa shape index (κ3) is 2.62. The van der Waals surface area contributed by atoms with Crippen LogP contribution >= 0.6 is 11.6 Å². The van der Waals surface area contributed by atoms with Crippen molar-refractivity contribution in [3.8, 4) is 0 Å². The first-order chi connectivity index (χ1) is 9.28. The second kappa shape index (κ2) is 4.74. The number of hydrogen-bond acceptors (Lipinski definition) is 3. The molecule has 3 rings (SSSR count). The summed E-state index contributed by atoms with van der Waals surface area (Å²) in [6.45, 7) is 6.71. The van der Waals surface area contributed by atoms with Gasteiger partial charge < -0.3 is 10.5 Å². The predicted octanol–water partition coefficient (Wildman–Crippen LogP) is 3.76. The molecule has 2 heterocycles. The van der Waals surface area contributed by atoms with E-state index in [1.807, 2.05) is 0 Å². The average Bonchev–Trinajstić information content (AvgIpc) is 2.26. The molecular weight excluding hydrogens is 272 g/mol. The van der Waals surface area contributed by atoms with Crippen molar-refractivity contribution < 1.29 is 4.74 Å². The second-order valence-corrected chi connectivity index (χ2v) is 8.20. The van der Waals surface area contributed by atoms with E-state index in [4.69, 9.17) is 22.1 Å². The van der Waals surface area contributed by atoms with E-state index in [2.05, 4.69) is 25.8 Å². The molecule has 1 aliphatic carbocycles.